The van der Waals surface area contributed by atoms with Crippen LogP contribution in [0.3, 0.4) is 0 Å². The minimum Gasteiger partial charge on any atom is -0.385 e. The van der Waals surface area contributed by atoms with Gasteiger partial charge in [-0.05, 0) is 49.6 Å². The summed E-state index contributed by atoms with van der Waals surface area (Å²) in [5.41, 5.74) is 0.682. The van der Waals surface area contributed by atoms with E-state index in [0.717, 1.165) is 0 Å². The molecule has 3 aromatic rings. The third-order valence-electron chi connectivity index (χ3n) is 5.59. The second-order valence-corrected chi connectivity index (χ2v) is 7.34. The lowest BCUT2D eigenvalue weighted by molar-refractivity contribution is 0.0610. The number of amides is 1. The second kappa shape index (κ2) is 8.66. The number of benzene rings is 1. The van der Waals surface area contributed by atoms with Gasteiger partial charge in [0.1, 0.15) is 17.8 Å². The van der Waals surface area contributed by atoms with E-state index in [4.69, 9.17) is 9.26 Å². The van der Waals surface area contributed by atoms with E-state index >= 15 is 0 Å². The number of hydrogen-bond acceptors (Lipinski definition) is 7. The molecule has 9 heteroatoms. The van der Waals surface area contributed by atoms with Gasteiger partial charge in [-0.15, -0.1) is 0 Å². The molecule has 0 saturated carbocycles. The van der Waals surface area contributed by atoms with Gasteiger partial charge in [-0.2, -0.15) is 4.98 Å². The van der Waals surface area contributed by atoms with Crippen molar-refractivity contribution in [1.29, 1.82) is 0 Å². The van der Waals surface area contributed by atoms with Crippen LogP contribution in [-0.4, -0.2) is 57.7 Å². The maximum absolute atomic E-state index is 13.2. The largest absolute Gasteiger partial charge is 0.385 e. The van der Waals surface area contributed by atoms with E-state index in [0.29, 0.717) is 61.9 Å². The lowest BCUT2D eigenvalue weighted by Crippen LogP contribution is -2.46. The summed E-state index contributed by atoms with van der Waals surface area (Å²) in [6.07, 6.45) is 4.99. The Hall–Kier alpha value is -3.20. The summed E-state index contributed by atoms with van der Waals surface area (Å²) in [7, 11) is 1.65. The number of carbonyl (C=O) groups is 1. The highest BCUT2D eigenvalue weighted by atomic mass is 19.1. The van der Waals surface area contributed by atoms with Gasteiger partial charge < -0.3 is 14.2 Å². The Kier molecular flexibility index (Phi) is 5.80. The van der Waals surface area contributed by atoms with Crippen LogP contribution in [0.1, 0.15) is 35.6 Å². The van der Waals surface area contributed by atoms with Gasteiger partial charge in [0, 0.05) is 44.0 Å². The van der Waals surface area contributed by atoms with Gasteiger partial charge in [0.15, 0.2) is 5.82 Å². The molecule has 1 amide bonds. The summed E-state index contributed by atoms with van der Waals surface area (Å²) in [6.45, 7) is 1.64. The third kappa shape index (κ3) is 4.06. The van der Waals surface area contributed by atoms with Crippen molar-refractivity contribution in [3.05, 3.63) is 60.2 Å². The van der Waals surface area contributed by atoms with Crippen LogP contribution < -0.4 is 0 Å². The zero-order valence-electron chi connectivity index (χ0n) is 16.6. The van der Waals surface area contributed by atoms with Crippen molar-refractivity contribution in [3.8, 4) is 11.5 Å². The predicted molar refractivity (Wildman–Crippen MR) is 105 cm³/mol. The second-order valence-electron chi connectivity index (χ2n) is 7.34. The number of likely N-dealkylation sites (tertiary alicyclic amines) is 1. The Morgan fingerprint density at radius 1 is 1.23 bits per heavy atom. The van der Waals surface area contributed by atoms with E-state index in [1.165, 1.54) is 18.5 Å². The number of nitrogens with zero attached hydrogens (tertiary/aromatic N) is 5. The molecule has 4 rings (SSSR count). The predicted octanol–water partition coefficient (Wildman–Crippen LogP) is 2.88. The van der Waals surface area contributed by atoms with E-state index in [1.54, 1.807) is 36.4 Å². The summed E-state index contributed by atoms with van der Waals surface area (Å²) >= 11 is 0. The molecule has 1 saturated heterocycles. The van der Waals surface area contributed by atoms with Crippen LogP contribution in [0.5, 0.6) is 0 Å². The molecular formula is C21H22FN5O3. The SMILES string of the molecule is COCCC1(c2noc(-c3ccc(F)cc3)n2)CCN(C(=O)c2ccncn2)CC1. The number of rotatable bonds is 6. The third-order valence-corrected chi connectivity index (χ3v) is 5.59. The summed E-state index contributed by atoms with van der Waals surface area (Å²) in [4.78, 5) is 27.0. The zero-order chi connectivity index (χ0) is 21.0. The monoisotopic (exact) mass is 411 g/mol. The van der Waals surface area contributed by atoms with Gasteiger partial charge in [0.2, 0.25) is 0 Å². The Morgan fingerprint density at radius 3 is 2.67 bits per heavy atom. The fourth-order valence-corrected chi connectivity index (χ4v) is 3.75. The molecule has 8 nitrogen and oxygen atoms in total. The highest BCUT2D eigenvalue weighted by Gasteiger charge is 2.41. The number of aromatic nitrogens is 4. The van der Waals surface area contributed by atoms with Crippen LogP contribution in [0.15, 0.2) is 47.4 Å². The standard InChI is InChI=1S/C21H22FN5O3/c1-29-13-9-21(20-25-18(30-26-20)15-2-4-16(22)5-3-15)7-11-27(12-8-21)19(28)17-6-10-23-14-24-17/h2-6,10,14H,7-9,11-13H2,1H3. The summed E-state index contributed by atoms with van der Waals surface area (Å²) < 4.78 is 24.0. The van der Waals surface area contributed by atoms with Crippen molar-refractivity contribution >= 4 is 5.91 Å². The van der Waals surface area contributed by atoms with E-state index in [9.17, 15) is 9.18 Å². The first-order chi connectivity index (χ1) is 14.6. The molecule has 1 fully saturated rings. The number of carbonyl (C=O) groups excluding carboxylic acids is 1. The van der Waals surface area contributed by atoms with Crippen molar-refractivity contribution < 1.29 is 18.4 Å². The fourth-order valence-electron chi connectivity index (χ4n) is 3.75. The number of hydrogen-bond donors (Lipinski definition) is 0. The molecule has 1 aliphatic heterocycles. The highest BCUT2D eigenvalue weighted by Crippen LogP contribution is 2.38. The van der Waals surface area contributed by atoms with Crippen molar-refractivity contribution in [2.45, 2.75) is 24.7 Å². The smallest absolute Gasteiger partial charge is 0.272 e. The molecule has 0 radical (unpaired) electrons. The molecule has 0 bridgehead atoms. The van der Waals surface area contributed by atoms with Crippen LogP contribution in [0, 0.1) is 5.82 Å². The van der Waals surface area contributed by atoms with Crippen LogP contribution in [0.2, 0.25) is 0 Å². The average Bonchev–Trinajstić information content (AvgIpc) is 3.30. The fraction of sp³-hybridized carbons (Fsp3) is 0.381. The van der Waals surface area contributed by atoms with Gasteiger partial charge in [-0.1, -0.05) is 5.16 Å². The normalized spacial score (nSPS) is 15.9. The lowest BCUT2D eigenvalue weighted by Gasteiger charge is -2.39. The topological polar surface area (TPSA) is 94.2 Å². The van der Waals surface area contributed by atoms with Gasteiger partial charge in [-0.25, -0.2) is 14.4 Å². The van der Waals surface area contributed by atoms with Crippen LogP contribution >= 0.6 is 0 Å². The first kappa shape index (κ1) is 20.1. The quantitative estimate of drug-likeness (QED) is 0.616. The van der Waals surface area contributed by atoms with Gasteiger partial charge in [-0.3, -0.25) is 4.79 Å². The van der Waals surface area contributed by atoms with Crippen LogP contribution in [0.4, 0.5) is 4.39 Å². The average molecular weight is 411 g/mol. The Morgan fingerprint density at radius 2 is 2.00 bits per heavy atom. The van der Waals surface area contributed by atoms with Gasteiger partial charge in [0.25, 0.3) is 11.8 Å². The van der Waals surface area contributed by atoms with Crippen LogP contribution in [0.25, 0.3) is 11.5 Å². The maximum Gasteiger partial charge on any atom is 0.272 e. The number of methoxy groups -OCH3 is 1. The number of ether oxygens (including phenoxy) is 1. The van der Waals surface area contributed by atoms with E-state index < -0.39 is 0 Å². The minimum absolute atomic E-state index is 0.113. The molecule has 1 aromatic carbocycles. The summed E-state index contributed by atoms with van der Waals surface area (Å²) in [5.74, 6) is 0.503. The molecule has 0 spiro atoms. The van der Waals surface area contributed by atoms with Crippen molar-refractivity contribution in [2.24, 2.45) is 0 Å². The lowest BCUT2D eigenvalue weighted by atomic mass is 9.75. The summed E-state index contributed by atoms with van der Waals surface area (Å²) in [5, 5.41) is 4.23. The molecule has 30 heavy (non-hydrogen) atoms. The molecule has 156 valence electrons. The molecule has 1 aliphatic rings. The molecule has 0 unspecified atom stereocenters. The van der Waals surface area contributed by atoms with Crippen molar-refractivity contribution in [1.82, 2.24) is 25.0 Å². The summed E-state index contributed by atoms with van der Waals surface area (Å²) in [6, 6.07) is 7.55. The number of piperidine rings is 1. The highest BCUT2D eigenvalue weighted by molar-refractivity contribution is 5.92. The van der Waals surface area contributed by atoms with E-state index in [-0.39, 0.29) is 17.1 Å². The van der Waals surface area contributed by atoms with E-state index in [1.807, 2.05) is 0 Å². The zero-order valence-corrected chi connectivity index (χ0v) is 16.6. The minimum atomic E-state index is -0.361. The molecular weight excluding hydrogens is 389 g/mol. The Balaban J connectivity index is 1.53. The number of halogens is 1. The van der Waals surface area contributed by atoms with Gasteiger partial charge in [0.05, 0.1) is 0 Å². The van der Waals surface area contributed by atoms with Crippen molar-refractivity contribution in [2.75, 3.05) is 26.8 Å². The van der Waals surface area contributed by atoms with Gasteiger partial charge >= 0.3 is 0 Å². The first-order valence-corrected chi connectivity index (χ1v) is 9.76. The molecule has 0 N–H and O–H groups in total. The molecule has 0 aliphatic carbocycles. The van der Waals surface area contributed by atoms with Crippen LogP contribution in [-0.2, 0) is 10.2 Å². The maximum atomic E-state index is 13.2. The molecule has 0 atom stereocenters. The Bertz CT molecular complexity index is 985. The van der Waals surface area contributed by atoms with Crippen molar-refractivity contribution in [3.63, 3.8) is 0 Å². The molecule has 2 aromatic heterocycles. The molecule has 3 heterocycles. The van der Waals surface area contributed by atoms with E-state index in [2.05, 4.69) is 20.1 Å². The Labute approximate surface area is 173 Å². The first-order valence-electron chi connectivity index (χ1n) is 9.76.